The molecule has 5 heteroatoms. The molecule has 0 saturated heterocycles. The van der Waals surface area contributed by atoms with E-state index >= 15 is 0 Å². The van der Waals surface area contributed by atoms with Gasteiger partial charge in [-0.25, -0.2) is 9.37 Å². The van der Waals surface area contributed by atoms with E-state index in [0.717, 1.165) is 22.3 Å². The predicted molar refractivity (Wildman–Crippen MR) is 84.1 cm³/mol. The molecule has 0 fully saturated rings. The van der Waals surface area contributed by atoms with E-state index in [4.69, 9.17) is 0 Å². The average Bonchev–Trinajstić information content (AvgIpc) is 2.86. The van der Waals surface area contributed by atoms with E-state index in [0.29, 0.717) is 12.8 Å². The Balaban J connectivity index is 1.63. The maximum Gasteiger partial charge on any atom is 0.224 e. The predicted octanol–water partition coefficient (Wildman–Crippen LogP) is 3.28. The second-order valence-electron chi connectivity index (χ2n) is 5.24. The van der Waals surface area contributed by atoms with Crippen molar-refractivity contribution >= 4 is 22.6 Å². The molecular weight excluding hydrogens is 281 g/mol. The molecule has 2 aromatic carbocycles. The van der Waals surface area contributed by atoms with Crippen LogP contribution in [0.1, 0.15) is 12.0 Å². The molecule has 3 rings (SSSR count). The first-order valence-corrected chi connectivity index (χ1v) is 7.07. The molecule has 0 aliphatic carbocycles. The molecule has 112 valence electrons. The lowest BCUT2D eigenvalue weighted by atomic mass is 10.1. The van der Waals surface area contributed by atoms with Gasteiger partial charge in [-0.2, -0.15) is 0 Å². The Hall–Kier alpha value is -2.69. The molecule has 0 bridgehead atoms. The van der Waals surface area contributed by atoms with Crippen molar-refractivity contribution in [3.8, 4) is 0 Å². The van der Waals surface area contributed by atoms with Crippen molar-refractivity contribution < 1.29 is 9.18 Å². The van der Waals surface area contributed by atoms with Crippen LogP contribution in [-0.4, -0.2) is 15.5 Å². The fourth-order valence-corrected chi connectivity index (χ4v) is 2.39. The minimum Gasteiger partial charge on any atom is -0.334 e. The lowest BCUT2D eigenvalue weighted by Gasteiger charge is -2.06. The number of aromatic nitrogens is 2. The van der Waals surface area contributed by atoms with Gasteiger partial charge in [0.05, 0.1) is 17.4 Å². The first kappa shape index (κ1) is 14.3. The lowest BCUT2D eigenvalue weighted by Crippen LogP contribution is -2.12. The third kappa shape index (κ3) is 3.14. The van der Waals surface area contributed by atoms with Crippen LogP contribution in [0.5, 0.6) is 0 Å². The number of nitrogens with one attached hydrogen (secondary N) is 1. The summed E-state index contributed by atoms with van der Waals surface area (Å²) in [6, 6.07) is 11.9. The highest BCUT2D eigenvalue weighted by atomic mass is 19.1. The fourth-order valence-electron chi connectivity index (χ4n) is 2.39. The molecule has 0 aliphatic heterocycles. The molecule has 0 unspecified atom stereocenters. The lowest BCUT2D eigenvalue weighted by molar-refractivity contribution is -0.116. The number of fused-ring (bicyclic) bond motifs is 1. The summed E-state index contributed by atoms with van der Waals surface area (Å²) in [7, 11) is 1.92. The van der Waals surface area contributed by atoms with Crippen molar-refractivity contribution in [2.75, 3.05) is 5.32 Å². The van der Waals surface area contributed by atoms with E-state index in [2.05, 4.69) is 10.3 Å². The third-order valence-corrected chi connectivity index (χ3v) is 3.54. The Kier molecular flexibility index (Phi) is 3.87. The van der Waals surface area contributed by atoms with Gasteiger partial charge in [-0.15, -0.1) is 0 Å². The van der Waals surface area contributed by atoms with E-state index in [9.17, 15) is 9.18 Å². The van der Waals surface area contributed by atoms with Crippen LogP contribution in [0, 0.1) is 5.82 Å². The number of carbonyl (C=O) groups excluding carboxylic acids is 1. The number of halogens is 1. The second kappa shape index (κ2) is 5.97. The topological polar surface area (TPSA) is 46.9 Å². The highest BCUT2D eigenvalue weighted by Crippen LogP contribution is 2.17. The highest BCUT2D eigenvalue weighted by Gasteiger charge is 2.06. The smallest absolute Gasteiger partial charge is 0.224 e. The summed E-state index contributed by atoms with van der Waals surface area (Å²) in [5, 5.41) is 2.85. The van der Waals surface area contributed by atoms with Crippen LogP contribution < -0.4 is 5.32 Å². The zero-order valence-corrected chi connectivity index (χ0v) is 12.2. The van der Waals surface area contributed by atoms with E-state index in [1.807, 2.05) is 35.9 Å². The van der Waals surface area contributed by atoms with Gasteiger partial charge in [-0.05, 0) is 42.3 Å². The Bertz CT molecular complexity index is 826. The molecule has 1 aromatic heterocycles. The maximum atomic E-state index is 13.1. The molecule has 1 amide bonds. The summed E-state index contributed by atoms with van der Waals surface area (Å²) in [6.07, 6.45) is 2.55. The first-order valence-electron chi connectivity index (χ1n) is 7.07. The van der Waals surface area contributed by atoms with Gasteiger partial charge >= 0.3 is 0 Å². The Morgan fingerprint density at radius 1 is 1.27 bits per heavy atom. The number of carbonyl (C=O) groups is 1. The van der Waals surface area contributed by atoms with Crippen molar-refractivity contribution in [3.05, 3.63) is 60.2 Å². The number of benzene rings is 2. The van der Waals surface area contributed by atoms with Crippen molar-refractivity contribution in [1.29, 1.82) is 0 Å². The first-order chi connectivity index (χ1) is 10.6. The van der Waals surface area contributed by atoms with Gasteiger partial charge in [0.1, 0.15) is 5.82 Å². The number of imidazole rings is 1. The van der Waals surface area contributed by atoms with Crippen molar-refractivity contribution in [2.24, 2.45) is 7.05 Å². The highest BCUT2D eigenvalue weighted by molar-refractivity contribution is 5.93. The third-order valence-electron chi connectivity index (χ3n) is 3.54. The van der Waals surface area contributed by atoms with Crippen molar-refractivity contribution in [3.63, 3.8) is 0 Å². The number of nitrogens with zero attached hydrogens (tertiary/aromatic N) is 2. The van der Waals surface area contributed by atoms with E-state index in [1.165, 1.54) is 12.1 Å². The molecular formula is C17H16FN3O. The van der Waals surface area contributed by atoms with Crippen LogP contribution in [0.2, 0.25) is 0 Å². The molecule has 1 heterocycles. The molecule has 22 heavy (non-hydrogen) atoms. The summed E-state index contributed by atoms with van der Waals surface area (Å²) >= 11 is 0. The molecule has 3 aromatic rings. The molecule has 0 saturated carbocycles. The Labute approximate surface area is 127 Å². The SMILES string of the molecule is Cn1cnc2cc(NC(=O)CCc3cccc(F)c3)ccc21. The molecule has 0 atom stereocenters. The van der Waals surface area contributed by atoms with Crippen molar-refractivity contribution in [1.82, 2.24) is 9.55 Å². The number of hydrogen-bond donors (Lipinski definition) is 1. The number of hydrogen-bond acceptors (Lipinski definition) is 2. The normalized spacial score (nSPS) is 10.8. The Morgan fingerprint density at radius 2 is 2.14 bits per heavy atom. The van der Waals surface area contributed by atoms with Crippen LogP contribution >= 0.6 is 0 Å². The molecule has 1 N–H and O–H groups in total. The number of amides is 1. The Morgan fingerprint density at radius 3 is 2.95 bits per heavy atom. The zero-order chi connectivity index (χ0) is 15.5. The van der Waals surface area contributed by atoms with Crippen LogP contribution in [0.4, 0.5) is 10.1 Å². The van der Waals surface area contributed by atoms with Crippen LogP contribution in [0.15, 0.2) is 48.8 Å². The van der Waals surface area contributed by atoms with Crippen LogP contribution in [0.25, 0.3) is 11.0 Å². The maximum absolute atomic E-state index is 13.1. The summed E-state index contributed by atoms with van der Waals surface area (Å²) < 4.78 is 15.0. The summed E-state index contributed by atoms with van der Waals surface area (Å²) in [4.78, 5) is 16.2. The summed E-state index contributed by atoms with van der Waals surface area (Å²) in [6.45, 7) is 0. The minimum absolute atomic E-state index is 0.0976. The van der Waals surface area contributed by atoms with Crippen LogP contribution in [-0.2, 0) is 18.3 Å². The standard InChI is InChI=1S/C17H16FN3O/c1-21-11-19-15-10-14(6-7-16(15)21)20-17(22)8-5-12-3-2-4-13(18)9-12/h2-4,6-7,9-11H,5,8H2,1H3,(H,20,22). The monoisotopic (exact) mass is 297 g/mol. The van der Waals surface area contributed by atoms with Gasteiger partial charge in [0.2, 0.25) is 5.91 Å². The average molecular weight is 297 g/mol. The molecule has 4 nitrogen and oxygen atoms in total. The van der Waals surface area contributed by atoms with Crippen LogP contribution in [0.3, 0.4) is 0 Å². The van der Waals surface area contributed by atoms with Gasteiger partial charge in [0.25, 0.3) is 0 Å². The van der Waals surface area contributed by atoms with Gasteiger partial charge in [0, 0.05) is 19.2 Å². The zero-order valence-electron chi connectivity index (χ0n) is 12.2. The van der Waals surface area contributed by atoms with Gasteiger partial charge in [0.15, 0.2) is 0 Å². The minimum atomic E-state index is -0.279. The number of rotatable bonds is 4. The van der Waals surface area contributed by atoms with Gasteiger partial charge in [-0.3, -0.25) is 4.79 Å². The quantitative estimate of drug-likeness (QED) is 0.803. The second-order valence-corrected chi connectivity index (χ2v) is 5.24. The van der Waals surface area contributed by atoms with Gasteiger partial charge < -0.3 is 9.88 Å². The number of aryl methyl sites for hydroxylation is 2. The van der Waals surface area contributed by atoms with E-state index in [1.54, 1.807) is 12.4 Å². The number of anilines is 1. The fraction of sp³-hybridized carbons (Fsp3) is 0.176. The molecule has 0 spiro atoms. The van der Waals surface area contributed by atoms with Gasteiger partial charge in [-0.1, -0.05) is 12.1 Å². The largest absolute Gasteiger partial charge is 0.334 e. The van der Waals surface area contributed by atoms with E-state index in [-0.39, 0.29) is 11.7 Å². The molecule has 0 radical (unpaired) electrons. The summed E-state index contributed by atoms with van der Waals surface area (Å²) in [5.74, 6) is -0.377. The van der Waals surface area contributed by atoms with Crippen molar-refractivity contribution in [2.45, 2.75) is 12.8 Å². The van der Waals surface area contributed by atoms with E-state index < -0.39 is 0 Å². The molecule has 0 aliphatic rings. The summed E-state index contributed by atoms with van der Waals surface area (Å²) in [5.41, 5.74) is 3.38.